The molecule has 107 valence electrons. The van der Waals surface area contributed by atoms with Crippen LogP contribution >= 0.6 is 0 Å². The van der Waals surface area contributed by atoms with Crippen molar-refractivity contribution >= 4 is 10.8 Å². The van der Waals surface area contributed by atoms with Gasteiger partial charge in [-0.2, -0.15) is 4.80 Å². The van der Waals surface area contributed by atoms with Crippen LogP contribution in [0.15, 0.2) is 36.4 Å². The van der Waals surface area contributed by atoms with Crippen LogP contribution in [0.4, 0.5) is 4.39 Å². The van der Waals surface area contributed by atoms with Gasteiger partial charge in [0, 0.05) is 0 Å². The molecule has 0 unspecified atom stereocenters. The van der Waals surface area contributed by atoms with Crippen molar-refractivity contribution in [1.29, 1.82) is 0 Å². The molecule has 0 bridgehead atoms. The Morgan fingerprint density at radius 2 is 1.95 bits per heavy atom. The molecule has 0 aliphatic carbocycles. The average molecular weight is 283 g/mol. The molecular formula is C16H16FN4. The van der Waals surface area contributed by atoms with Gasteiger partial charge in [-0.25, -0.2) is 4.39 Å². The van der Waals surface area contributed by atoms with E-state index in [0.29, 0.717) is 5.82 Å². The Labute approximate surface area is 122 Å². The SMILES string of the molecule is [CH2]CC[C@@H](c1ccc2cc(F)ccc2c1)n1nnc(C)n1. The number of aryl methyl sites for hydroxylation is 1. The summed E-state index contributed by atoms with van der Waals surface area (Å²) in [5, 5.41) is 14.2. The average Bonchev–Trinajstić information content (AvgIpc) is 2.90. The summed E-state index contributed by atoms with van der Waals surface area (Å²) in [6.07, 6.45) is 1.59. The summed E-state index contributed by atoms with van der Waals surface area (Å²) in [5.74, 6) is 0.421. The zero-order valence-corrected chi connectivity index (χ0v) is 11.8. The first-order valence-corrected chi connectivity index (χ1v) is 6.92. The molecule has 0 fully saturated rings. The monoisotopic (exact) mass is 283 g/mol. The van der Waals surface area contributed by atoms with Crippen molar-refractivity contribution in [2.75, 3.05) is 0 Å². The Hall–Kier alpha value is -2.30. The fraction of sp³-hybridized carbons (Fsp3) is 0.250. The van der Waals surface area contributed by atoms with E-state index in [2.05, 4.69) is 22.3 Å². The zero-order chi connectivity index (χ0) is 14.8. The Balaban J connectivity index is 2.04. The number of tetrazole rings is 1. The van der Waals surface area contributed by atoms with E-state index in [0.717, 1.165) is 29.2 Å². The van der Waals surface area contributed by atoms with Gasteiger partial charge in [0.2, 0.25) is 0 Å². The van der Waals surface area contributed by atoms with Gasteiger partial charge in [0.15, 0.2) is 5.82 Å². The third-order valence-corrected chi connectivity index (χ3v) is 3.50. The van der Waals surface area contributed by atoms with Gasteiger partial charge in [0.05, 0.1) is 6.04 Å². The molecule has 0 N–H and O–H groups in total. The molecule has 1 heterocycles. The van der Waals surface area contributed by atoms with Gasteiger partial charge in [0.1, 0.15) is 5.82 Å². The molecule has 4 nitrogen and oxygen atoms in total. The molecule has 3 rings (SSSR count). The van der Waals surface area contributed by atoms with Crippen molar-refractivity contribution in [3.05, 3.63) is 60.5 Å². The number of fused-ring (bicyclic) bond motifs is 1. The summed E-state index contributed by atoms with van der Waals surface area (Å²) in [6, 6.07) is 10.8. The van der Waals surface area contributed by atoms with E-state index in [9.17, 15) is 4.39 Å². The molecule has 21 heavy (non-hydrogen) atoms. The number of nitrogens with zero attached hydrogens (tertiary/aromatic N) is 4. The lowest BCUT2D eigenvalue weighted by Gasteiger charge is -2.15. The highest BCUT2D eigenvalue weighted by Gasteiger charge is 2.16. The van der Waals surface area contributed by atoms with Crippen molar-refractivity contribution in [3.63, 3.8) is 0 Å². The molecule has 5 heteroatoms. The Morgan fingerprint density at radius 1 is 1.19 bits per heavy atom. The molecule has 1 radical (unpaired) electrons. The standard InChI is InChI=1S/C16H16FN4/c1-3-4-16(21-19-11(2)18-20-21)14-6-5-13-10-15(17)8-7-12(13)9-14/h5-10,16H,1,3-4H2,2H3/t16-/m0/s1. The predicted molar refractivity (Wildman–Crippen MR) is 79.2 cm³/mol. The number of benzene rings is 2. The lowest BCUT2D eigenvalue weighted by Crippen LogP contribution is -2.14. The molecule has 0 amide bonds. The largest absolute Gasteiger partial charge is 0.207 e. The van der Waals surface area contributed by atoms with Crippen molar-refractivity contribution in [3.8, 4) is 0 Å². The lowest BCUT2D eigenvalue weighted by atomic mass is 9.99. The van der Waals surface area contributed by atoms with Gasteiger partial charge in [-0.15, -0.1) is 10.2 Å². The summed E-state index contributed by atoms with van der Waals surface area (Å²) in [4.78, 5) is 1.63. The molecule has 3 aromatic rings. The normalized spacial score (nSPS) is 12.7. The molecule has 1 aromatic heterocycles. The maximum atomic E-state index is 13.2. The van der Waals surface area contributed by atoms with Gasteiger partial charge in [-0.05, 0) is 53.1 Å². The molecule has 0 saturated carbocycles. The minimum absolute atomic E-state index is 0.00171. The smallest absolute Gasteiger partial charge is 0.171 e. The first-order valence-electron chi connectivity index (χ1n) is 6.92. The summed E-state index contributed by atoms with van der Waals surface area (Å²) in [5.41, 5.74) is 1.08. The third-order valence-electron chi connectivity index (χ3n) is 3.50. The summed E-state index contributed by atoms with van der Waals surface area (Å²) < 4.78 is 13.2. The highest BCUT2D eigenvalue weighted by Crippen LogP contribution is 2.26. The Bertz CT molecular complexity index is 766. The molecule has 1 atom stereocenters. The Morgan fingerprint density at radius 3 is 2.67 bits per heavy atom. The molecule has 0 aliphatic heterocycles. The van der Waals surface area contributed by atoms with Crippen LogP contribution in [0, 0.1) is 19.7 Å². The summed E-state index contributed by atoms with van der Waals surface area (Å²) >= 11 is 0. The molecule has 0 spiro atoms. The van der Waals surface area contributed by atoms with E-state index in [4.69, 9.17) is 0 Å². The lowest BCUT2D eigenvalue weighted by molar-refractivity contribution is 0.428. The van der Waals surface area contributed by atoms with Crippen LogP contribution in [-0.2, 0) is 0 Å². The van der Waals surface area contributed by atoms with E-state index in [1.807, 2.05) is 25.1 Å². The van der Waals surface area contributed by atoms with Crippen molar-refractivity contribution < 1.29 is 4.39 Å². The maximum Gasteiger partial charge on any atom is 0.171 e. The van der Waals surface area contributed by atoms with E-state index in [-0.39, 0.29) is 11.9 Å². The van der Waals surface area contributed by atoms with Gasteiger partial charge in [-0.1, -0.05) is 31.5 Å². The quantitative estimate of drug-likeness (QED) is 0.736. The van der Waals surface area contributed by atoms with Crippen LogP contribution in [0.1, 0.15) is 30.3 Å². The second-order valence-electron chi connectivity index (χ2n) is 5.07. The summed E-state index contributed by atoms with van der Waals surface area (Å²) in [6.45, 7) is 5.73. The van der Waals surface area contributed by atoms with E-state index in [1.165, 1.54) is 12.1 Å². The van der Waals surface area contributed by atoms with Crippen LogP contribution < -0.4 is 0 Å². The van der Waals surface area contributed by atoms with Crippen molar-refractivity contribution in [1.82, 2.24) is 20.2 Å². The molecule has 0 aliphatic rings. The molecule has 0 saturated heterocycles. The predicted octanol–water partition coefficient (Wildman–Crippen LogP) is 3.48. The van der Waals surface area contributed by atoms with Crippen LogP contribution in [0.5, 0.6) is 0 Å². The van der Waals surface area contributed by atoms with Crippen molar-refractivity contribution in [2.45, 2.75) is 25.8 Å². The van der Waals surface area contributed by atoms with Gasteiger partial charge < -0.3 is 0 Å². The molecular weight excluding hydrogens is 267 g/mol. The van der Waals surface area contributed by atoms with E-state index >= 15 is 0 Å². The van der Waals surface area contributed by atoms with Crippen molar-refractivity contribution in [2.24, 2.45) is 0 Å². The highest BCUT2D eigenvalue weighted by molar-refractivity contribution is 5.83. The minimum Gasteiger partial charge on any atom is -0.207 e. The summed E-state index contributed by atoms with van der Waals surface area (Å²) in [7, 11) is 0. The topological polar surface area (TPSA) is 43.6 Å². The van der Waals surface area contributed by atoms with E-state index in [1.54, 1.807) is 10.9 Å². The van der Waals surface area contributed by atoms with Gasteiger partial charge in [0.25, 0.3) is 0 Å². The minimum atomic E-state index is -0.224. The second kappa shape index (κ2) is 5.60. The first-order chi connectivity index (χ1) is 10.2. The zero-order valence-electron chi connectivity index (χ0n) is 11.8. The van der Waals surface area contributed by atoms with Gasteiger partial charge in [-0.3, -0.25) is 0 Å². The van der Waals surface area contributed by atoms with Crippen LogP contribution in [0.3, 0.4) is 0 Å². The Kier molecular flexibility index (Phi) is 3.64. The fourth-order valence-electron chi connectivity index (χ4n) is 2.48. The third kappa shape index (κ3) is 2.77. The number of hydrogen-bond donors (Lipinski definition) is 0. The van der Waals surface area contributed by atoms with E-state index < -0.39 is 0 Å². The second-order valence-corrected chi connectivity index (χ2v) is 5.07. The number of aromatic nitrogens is 4. The number of hydrogen-bond acceptors (Lipinski definition) is 3. The maximum absolute atomic E-state index is 13.2. The molecule has 2 aromatic carbocycles. The van der Waals surface area contributed by atoms with Gasteiger partial charge >= 0.3 is 0 Å². The first kappa shape index (κ1) is 13.7. The number of halogens is 1. The van der Waals surface area contributed by atoms with Crippen LogP contribution in [0.25, 0.3) is 10.8 Å². The van der Waals surface area contributed by atoms with Crippen LogP contribution in [-0.4, -0.2) is 20.2 Å². The highest BCUT2D eigenvalue weighted by atomic mass is 19.1. The van der Waals surface area contributed by atoms with Crippen LogP contribution in [0.2, 0.25) is 0 Å². The number of rotatable bonds is 4. The fourth-order valence-corrected chi connectivity index (χ4v) is 2.48.